The maximum absolute atomic E-state index is 10.2. The molecule has 0 N–H and O–H groups in total. The summed E-state index contributed by atoms with van der Waals surface area (Å²) in [6.45, 7) is 3.76. The number of ketones is 1. The van der Waals surface area contributed by atoms with Gasteiger partial charge in [0.05, 0.1) is 0 Å². The van der Waals surface area contributed by atoms with Crippen LogP contribution in [0.25, 0.3) is 0 Å². The van der Waals surface area contributed by atoms with Gasteiger partial charge in [-0.2, -0.15) is 0 Å². The maximum Gasteiger partial charge on any atom is 0.132 e. The lowest BCUT2D eigenvalue weighted by molar-refractivity contribution is -0.118. The number of carbonyl (C=O) groups is 1. The van der Waals surface area contributed by atoms with Gasteiger partial charge in [-0.1, -0.05) is 13.8 Å². The molecule has 0 spiro atoms. The van der Waals surface area contributed by atoms with Crippen LogP contribution in [0.1, 0.15) is 52.4 Å². The van der Waals surface area contributed by atoms with Crippen LogP contribution in [0.2, 0.25) is 0 Å². The van der Waals surface area contributed by atoms with E-state index in [0.29, 0.717) is 18.6 Å². The lowest BCUT2D eigenvalue weighted by atomic mass is 10.3. The molecule has 0 radical (unpaired) electrons. The van der Waals surface area contributed by atoms with Gasteiger partial charge in [-0.3, -0.25) is 4.79 Å². The van der Waals surface area contributed by atoms with Crippen molar-refractivity contribution in [1.82, 2.24) is 0 Å². The molecular weight excluding hydrogens is 148 g/mol. The molecule has 2 fully saturated rings. The fourth-order valence-corrected chi connectivity index (χ4v) is 1.39. The first-order chi connectivity index (χ1) is 5.77. The molecule has 2 rings (SSSR count). The van der Waals surface area contributed by atoms with Gasteiger partial charge in [-0.15, -0.1) is 0 Å². The molecule has 0 aliphatic heterocycles. The number of carbonyl (C=O) groups excluding carboxylic acids is 1. The average Bonchev–Trinajstić information content (AvgIpc) is 2.92. The van der Waals surface area contributed by atoms with Crippen LogP contribution in [-0.4, -0.2) is 5.78 Å². The Morgan fingerprint density at radius 3 is 1.42 bits per heavy atom. The topological polar surface area (TPSA) is 17.1 Å². The van der Waals surface area contributed by atoms with Crippen molar-refractivity contribution in [2.45, 2.75) is 52.4 Å². The molecule has 2 aliphatic rings. The predicted molar refractivity (Wildman–Crippen MR) is 51.0 cm³/mol. The zero-order valence-corrected chi connectivity index (χ0v) is 8.31. The van der Waals surface area contributed by atoms with E-state index in [2.05, 4.69) is 0 Å². The summed E-state index contributed by atoms with van der Waals surface area (Å²) in [5, 5.41) is 0. The van der Waals surface area contributed by atoms with Crippen molar-refractivity contribution in [3.8, 4) is 0 Å². The number of hydrogen-bond donors (Lipinski definition) is 0. The minimum absolute atomic E-state index is 0.343. The summed E-state index contributed by atoms with van der Waals surface area (Å²) in [6.07, 6.45) is 7.62. The monoisotopic (exact) mass is 168 g/mol. The Morgan fingerprint density at radius 2 is 1.33 bits per heavy atom. The molecule has 0 saturated heterocycles. The summed E-state index contributed by atoms with van der Waals surface area (Å²) in [6, 6.07) is 0. The van der Waals surface area contributed by atoms with Gasteiger partial charge in [0.1, 0.15) is 5.78 Å². The van der Waals surface area contributed by atoms with Crippen LogP contribution >= 0.6 is 0 Å². The van der Waals surface area contributed by atoms with Crippen molar-refractivity contribution in [3.63, 3.8) is 0 Å². The zero-order valence-electron chi connectivity index (χ0n) is 8.31. The summed E-state index contributed by atoms with van der Waals surface area (Å²) < 4.78 is 0. The molecule has 0 bridgehead atoms. The van der Waals surface area contributed by atoms with Crippen molar-refractivity contribution in [2.24, 2.45) is 11.8 Å². The van der Waals surface area contributed by atoms with Crippen LogP contribution in [0.3, 0.4) is 0 Å². The number of rotatable bonds is 3. The Kier molecular flexibility index (Phi) is 3.77. The fraction of sp³-hybridized carbons (Fsp3) is 0.909. The van der Waals surface area contributed by atoms with Gasteiger partial charge in [0.25, 0.3) is 0 Å². The lowest BCUT2D eigenvalue weighted by Crippen LogP contribution is -1.88. The van der Waals surface area contributed by atoms with Crippen LogP contribution in [0.5, 0.6) is 0 Å². The zero-order chi connectivity index (χ0) is 8.97. The predicted octanol–water partition coefficient (Wildman–Crippen LogP) is 3.18. The number of Topliss-reactive ketones (excluding diaryl/α,β-unsaturated/α-hetero) is 1. The van der Waals surface area contributed by atoms with E-state index in [1.165, 1.54) is 11.8 Å². The van der Waals surface area contributed by atoms with Crippen molar-refractivity contribution in [1.29, 1.82) is 0 Å². The van der Waals surface area contributed by atoms with Gasteiger partial charge in [0, 0.05) is 12.8 Å². The molecule has 0 unspecified atom stereocenters. The van der Waals surface area contributed by atoms with E-state index < -0.39 is 0 Å². The molecule has 1 nitrogen and oxygen atoms in total. The molecule has 0 aromatic carbocycles. The minimum atomic E-state index is 0.343. The molecule has 12 heavy (non-hydrogen) atoms. The van der Waals surface area contributed by atoms with E-state index in [0.717, 1.165) is 0 Å². The van der Waals surface area contributed by atoms with E-state index in [1.807, 2.05) is 13.8 Å². The van der Waals surface area contributed by atoms with Crippen molar-refractivity contribution in [3.05, 3.63) is 0 Å². The normalized spacial score (nSPS) is 21.2. The standard InChI is InChI=1S/C6H10.C5H10O/c1-2-5(1)6-3-4-6;1-3-5(6)4-2/h5-6H,1-4H2;3-4H2,1-2H3. The molecule has 70 valence electrons. The summed E-state index contributed by atoms with van der Waals surface area (Å²) in [7, 11) is 0. The largest absolute Gasteiger partial charge is 0.300 e. The van der Waals surface area contributed by atoms with E-state index in [4.69, 9.17) is 0 Å². The summed E-state index contributed by atoms with van der Waals surface area (Å²) in [5.41, 5.74) is 0. The van der Waals surface area contributed by atoms with Crippen molar-refractivity contribution < 1.29 is 4.79 Å². The highest BCUT2D eigenvalue weighted by Gasteiger charge is 2.37. The Labute approximate surface area is 75.5 Å². The van der Waals surface area contributed by atoms with Crippen molar-refractivity contribution in [2.75, 3.05) is 0 Å². The second-order valence-electron chi connectivity index (χ2n) is 3.92. The molecular formula is C11H20O. The molecule has 2 aliphatic carbocycles. The molecule has 0 heterocycles. The Hall–Kier alpha value is -0.330. The van der Waals surface area contributed by atoms with Crippen molar-refractivity contribution >= 4 is 5.78 Å². The highest BCUT2D eigenvalue weighted by Crippen LogP contribution is 2.49. The van der Waals surface area contributed by atoms with Crippen LogP contribution in [0.15, 0.2) is 0 Å². The van der Waals surface area contributed by atoms with Gasteiger partial charge < -0.3 is 0 Å². The van der Waals surface area contributed by atoms with Crippen LogP contribution in [-0.2, 0) is 4.79 Å². The first kappa shape index (κ1) is 9.76. The minimum Gasteiger partial charge on any atom is -0.300 e. The van der Waals surface area contributed by atoms with Crippen LogP contribution in [0, 0.1) is 11.8 Å². The van der Waals surface area contributed by atoms with Gasteiger partial charge in [0.15, 0.2) is 0 Å². The second-order valence-corrected chi connectivity index (χ2v) is 3.92. The van der Waals surface area contributed by atoms with E-state index >= 15 is 0 Å². The van der Waals surface area contributed by atoms with E-state index in [1.54, 1.807) is 25.7 Å². The summed E-state index contributed by atoms with van der Waals surface area (Å²) in [5.74, 6) is 2.77. The van der Waals surface area contributed by atoms with Gasteiger partial charge in [-0.25, -0.2) is 0 Å². The molecule has 0 amide bonds. The van der Waals surface area contributed by atoms with Gasteiger partial charge >= 0.3 is 0 Å². The van der Waals surface area contributed by atoms with Gasteiger partial charge in [-0.05, 0) is 37.5 Å². The molecule has 2 saturated carbocycles. The third-order valence-electron chi connectivity index (χ3n) is 2.70. The number of hydrogen-bond acceptors (Lipinski definition) is 1. The average molecular weight is 168 g/mol. The van der Waals surface area contributed by atoms with E-state index in [9.17, 15) is 4.79 Å². The quantitative estimate of drug-likeness (QED) is 0.632. The van der Waals surface area contributed by atoms with Crippen LogP contribution < -0.4 is 0 Å². The lowest BCUT2D eigenvalue weighted by Gasteiger charge is -1.81. The summed E-state index contributed by atoms with van der Waals surface area (Å²) in [4.78, 5) is 10.2. The van der Waals surface area contributed by atoms with Crippen LogP contribution in [0.4, 0.5) is 0 Å². The molecule has 0 aromatic rings. The second kappa shape index (κ2) is 4.64. The Morgan fingerprint density at radius 1 is 1.00 bits per heavy atom. The third-order valence-corrected chi connectivity index (χ3v) is 2.70. The molecule has 1 heteroatoms. The first-order valence-corrected chi connectivity index (χ1v) is 5.29. The highest BCUT2D eigenvalue weighted by molar-refractivity contribution is 5.77. The first-order valence-electron chi connectivity index (χ1n) is 5.29. The third kappa shape index (κ3) is 3.89. The fourth-order valence-electron chi connectivity index (χ4n) is 1.39. The Bertz CT molecular complexity index is 127. The van der Waals surface area contributed by atoms with Gasteiger partial charge in [0.2, 0.25) is 0 Å². The summed E-state index contributed by atoms with van der Waals surface area (Å²) >= 11 is 0. The highest BCUT2D eigenvalue weighted by atomic mass is 16.1. The molecule has 0 atom stereocenters. The Balaban J connectivity index is 0.000000120. The van der Waals surface area contributed by atoms with E-state index in [-0.39, 0.29) is 0 Å². The SMILES string of the molecule is C1CC1C1CC1.CCC(=O)CC. The smallest absolute Gasteiger partial charge is 0.132 e. The molecule has 0 aromatic heterocycles. The maximum atomic E-state index is 10.2.